The fourth-order valence-corrected chi connectivity index (χ4v) is 3.79. The molecule has 8 heteroatoms. The maximum Gasteiger partial charge on any atom is 0.422 e. The molecule has 1 spiro atoms. The van der Waals surface area contributed by atoms with Crippen molar-refractivity contribution >= 4 is 5.70 Å². The van der Waals surface area contributed by atoms with Gasteiger partial charge in [-0.15, -0.1) is 0 Å². The molecule has 28 heavy (non-hydrogen) atoms. The summed E-state index contributed by atoms with van der Waals surface area (Å²) in [5.41, 5.74) is 3.96. The van der Waals surface area contributed by atoms with Crippen LogP contribution in [0, 0.1) is 0 Å². The van der Waals surface area contributed by atoms with Gasteiger partial charge >= 0.3 is 6.18 Å². The minimum Gasteiger partial charge on any atom is -0.487 e. The zero-order valence-corrected chi connectivity index (χ0v) is 15.5. The van der Waals surface area contributed by atoms with Crippen molar-refractivity contribution in [1.29, 1.82) is 0 Å². The number of ether oxygens (including phenoxy) is 3. The molecule has 2 aliphatic heterocycles. The van der Waals surface area contributed by atoms with E-state index in [1.54, 1.807) is 12.1 Å². The van der Waals surface area contributed by atoms with Crippen LogP contribution < -0.4 is 15.0 Å². The smallest absolute Gasteiger partial charge is 0.422 e. The van der Waals surface area contributed by atoms with Crippen molar-refractivity contribution in [3.63, 3.8) is 0 Å². The lowest BCUT2D eigenvalue weighted by Gasteiger charge is -2.24. The minimum atomic E-state index is -4.40. The molecule has 1 aromatic rings. The summed E-state index contributed by atoms with van der Waals surface area (Å²) in [6, 6.07) is 4.95. The molecule has 4 rings (SSSR count). The molecule has 1 saturated heterocycles. The maximum absolute atomic E-state index is 12.6. The Morgan fingerprint density at radius 2 is 1.96 bits per heavy atom. The highest BCUT2D eigenvalue weighted by atomic mass is 19.4. The Morgan fingerprint density at radius 1 is 1.14 bits per heavy atom. The number of hydroxylamine groups is 1. The van der Waals surface area contributed by atoms with Crippen molar-refractivity contribution in [1.82, 2.24) is 5.48 Å². The van der Waals surface area contributed by atoms with Crippen LogP contribution >= 0.6 is 0 Å². The van der Waals surface area contributed by atoms with Crippen LogP contribution in [0.25, 0.3) is 5.70 Å². The summed E-state index contributed by atoms with van der Waals surface area (Å²) in [7, 11) is 0. The van der Waals surface area contributed by atoms with Gasteiger partial charge in [-0.25, -0.2) is 0 Å². The summed E-state index contributed by atoms with van der Waals surface area (Å²) in [4.78, 5) is 5.69. The first kappa shape index (κ1) is 19.4. The highest BCUT2D eigenvalue weighted by Gasteiger charge is 2.39. The molecule has 1 aliphatic carbocycles. The van der Waals surface area contributed by atoms with Gasteiger partial charge in [-0.1, -0.05) is 6.42 Å². The van der Waals surface area contributed by atoms with Crippen LogP contribution in [-0.2, 0) is 9.57 Å². The van der Waals surface area contributed by atoms with Crippen LogP contribution in [0.2, 0.25) is 0 Å². The molecular formula is C20H24F3NO4. The Balaban J connectivity index is 1.57. The molecule has 5 nitrogen and oxygen atoms in total. The van der Waals surface area contributed by atoms with Gasteiger partial charge in [0, 0.05) is 18.6 Å². The van der Waals surface area contributed by atoms with Crippen molar-refractivity contribution in [2.24, 2.45) is 0 Å². The number of benzene rings is 1. The molecule has 0 aromatic heterocycles. The van der Waals surface area contributed by atoms with E-state index < -0.39 is 18.4 Å². The second-order valence-corrected chi connectivity index (χ2v) is 7.57. The predicted molar refractivity (Wildman–Crippen MR) is 95.9 cm³/mol. The van der Waals surface area contributed by atoms with E-state index in [0.29, 0.717) is 19.0 Å². The van der Waals surface area contributed by atoms with Gasteiger partial charge in [0.05, 0.1) is 18.4 Å². The van der Waals surface area contributed by atoms with Crippen molar-refractivity contribution in [3.8, 4) is 11.5 Å². The third-order valence-electron chi connectivity index (χ3n) is 5.28. The summed E-state index contributed by atoms with van der Waals surface area (Å²) in [6.45, 7) is -0.245. The first-order valence-corrected chi connectivity index (χ1v) is 9.68. The number of halogens is 3. The largest absolute Gasteiger partial charge is 0.487 e. The zero-order valence-electron chi connectivity index (χ0n) is 15.5. The topological polar surface area (TPSA) is 49.0 Å². The first-order valence-electron chi connectivity index (χ1n) is 9.68. The van der Waals surface area contributed by atoms with Gasteiger partial charge in [0.1, 0.15) is 5.60 Å². The molecule has 1 aromatic carbocycles. The Bertz CT molecular complexity index is 723. The number of alkyl halides is 3. The monoisotopic (exact) mass is 399 g/mol. The van der Waals surface area contributed by atoms with Crippen LogP contribution in [0.4, 0.5) is 13.2 Å². The van der Waals surface area contributed by atoms with Gasteiger partial charge in [0.25, 0.3) is 0 Å². The minimum absolute atomic E-state index is 0.00595. The lowest BCUT2D eigenvalue weighted by molar-refractivity contribution is -0.153. The first-order chi connectivity index (χ1) is 13.4. The predicted octanol–water partition coefficient (Wildman–Crippen LogP) is 4.37. The van der Waals surface area contributed by atoms with Crippen molar-refractivity contribution < 1.29 is 32.2 Å². The molecule has 2 heterocycles. The molecule has 3 aliphatic rings. The molecule has 154 valence electrons. The Kier molecular flexibility index (Phi) is 5.42. The average molecular weight is 399 g/mol. The molecular weight excluding hydrogens is 375 g/mol. The number of hydrogen-bond donors (Lipinski definition) is 1. The summed E-state index contributed by atoms with van der Waals surface area (Å²) >= 11 is 0. The SMILES string of the molecule is FC(F)(F)COc1ccc(C2=CC3(CCOC3)ON2)cc1OC1CCCCC1. The van der Waals surface area contributed by atoms with Gasteiger partial charge in [-0.05, 0) is 50.0 Å². The number of nitrogens with one attached hydrogen (secondary N) is 1. The van der Waals surface area contributed by atoms with Crippen molar-refractivity contribution in [2.75, 3.05) is 19.8 Å². The van der Waals surface area contributed by atoms with E-state index in [2.05, 4.69) is 5.48 Å². The Labute approximate surface area is 161 Å². The third-order valence-corrected chi connectivity index (χ3v) is 5.28. The standard InChI is InChI=1S/C20H24F3NO4/c21-20(22,23)13-26-17-7-6-14(10-18(17)27-15-4-2-1-3-5-15)16-11-19(28-24-16)8-9-25-12-19/h6-7,10-11,15,24H,1-5,8-9,12-13H2. The van der Waals surface area contributed by atoms with Gasteiger partial charge in [-0.2, -0.15) is 13.2 Å². The summed E-state index contributed by atoms with van der Waals surface area (Å²) in [5, 5.41) is 0. The molecule has 1 saturated carbocycles. The van der Waals surface area contributed by atoms with E-state index in [4.69, 9.17) is 19.0 Å². The van der Waals surface area contributed by atoms with Gasteiger partial charge in [0.2, 0.25) is 0 Å². The van der Waals surface area contributed by atoms with E-state index in [0.717, 1.165) is 49.8 Å². The van der Waals surface area contributed by atoms with Gasteiger partial charge < -0.3 is 14.2 Å². The van der Waals surface area contributed by atoms with E-state index in [1.807, 2.05) is 6.08 Å². The molecule has 2 fully saturated rings. The summed E-state index contributed by atoms with van der Waals surface area (Å²) in [5.74, 6) is 0.435. The molecule has 0 amide bonds. The summed E-state index contributed by atoms with van der Waals surface area (Å²) in [6.07, 6.45) is 3.39. The van der Waals surface area contributed by atoms with Crippen LogP contribution in [0.5, 0.6) is 11.5 Å². The second kappa shape index (κ2) is 7.83. The lowest BCUT2D eigenvalue weighted by Crippen LogP contribution is -2.29. The summed E-state index contributed by atoms with van der Waals surface area (Å²) < 4.78 is 54.3. The third kappa shape index (κ3) is 4.55. The molecule has 0 radical (unpaired) electrons. The zero-order chi connectivity index (χ0) is 19.6. The average Bonchev–Trinajstić information content (AvgIpc) is 3.31. The lowest BCUT2D eigenvalue weighted by atomic mass is 9.97. The highest BCUT2D eigenvalue weighted by Crippen LogP contribution is 2.37. The normalized spacial score (nSPS) is 25.6. The highest BCUT2D eigenvalue weighted by molar-refractivity contribution is 5.68. The Morgan fingerprint density at radius 3 is 2.68 bits per heavy atom. The molecule has 1 unspecified atom stereocenters. The van der Waals surface area contributed by atoms with Crippen molar-refractivity contribution in [2.45, 2.75) is 56.4 Å². The van der Waals surface area contributed by atoms with Crippen LogP contribution in [0.3, 0.4) is 0 Å². The number of rotatable bonds is 5. The second-order valence-electron chi connectivity index (χ2n) is 7.57. The molecule has 1 N–H and O–H groups in total. The van der Waals surface area contributed by atoms with E-state index in [1.165, 1.54) is 6.07 Å². The van der Waals surface area contributed by atoms with E-state index >= 15 is 0 Å². The van der Waals surface area contributed by atoms with Crippen LogP contribution in [-0.4, -0.2) is 37.7 Å². The van der Waals surface area contributed by atoms with Gasteiger partial charge in [-0.3, -0.25) is 10.3 Å². The fourth-order valence-electron chi connectivity index (χ4n) is 3.79. The maximum atomic E-state index is 12.6. The van der Waals surface area contributed by atoms with E-state index in [-0.39, 0.29) is 11.9 Å². The van der Waals surface area contributed by atoms with Crippen LogP contribution in [0.15, 0.2) is 24.3 Å². The van der Waals surface area contributed by atoms with Crippen molar-refractivity contribution in [3.05, 3.63) is 29.8 Å². The molecule has 0 bridgehead atoms. The van der Waals surface area contributed by atoms with E-state index in [9.17, 15) is 13.2 Å². The Hall–Kier alpha value is -1.93. The quantitative estimate of drug-likeness (QED) is 0.797. The van der Waals surface area contributed by atoms with Crippen LogP contribution in [0.1, 0.15) is 44.1 Å². The molecule has 1 atom stereocenters. The van der Waals surface area contributed by atoms with Gasteiger partial charge in [0.15, 0.2) is 18.1 Å². The number of hydrogen-bond acceptors (Lipinski definition) is 5. The fraction of sp³-hybridized carbons (Fsp3) is 0.600.